The molecule has 0 aliphatic rings. The number of aliphatic carboxylic acids is 1. The monoisotopic (exact) mass is 290 g/mol. The molecule has 2 rings (SSSR count). The molecule has 5 heteroatoms. The van der Waals surface area contributed by atoms with Crippen LogP contribution in [-0.4, -0.2) is 24.8 Å². The van der Waals surface area contributed by atoms with Gasteiger partial charge in [0.05, 0.1) is 7.11 Å². The first-order valence-electron chi connectivity index (χ1n) is 6.36. The van der Waals surface area contributed by atoms with Gasteiger partial charge in [0.25, 0.3) is 0 Å². The number of rotatable bonds is 6. The van der Waals surface area contributed by atoms with Crippen molar-refractivity contribution >= 4 is 5.97 Å². The van der Waals surface area contributed by atoms with Crippen molar-refractivity contribution in [2.45, 2.75) is 5.92 Å². The molecule has 0 aliphatic carbocycles. The van der Waals surface area contributed by atoms with Crippen molar-refractivity contribution in [3.63, 3.8) is 0 Å². The molecule has 0 fully saturated rings. The molecule has 2 aromatic carbocycles. The zero-order chi connectivity index (χ0) is 15.2. The van der Waals surface area contributed by atoms with Crippen LogP contribution in [0.1, 0.15) is 11.5 Å². The van der Waals surface area contributed by atoms with E-state index in [4.69, 9.17) is 9.47 Å². The quantitative estimate of drug-likeness (QED) is 0.888. The molecular weight excluding hydrogens is 275 g/mol. The fraction of sp³-hybridized carbons (Fsp3) is 0.188. The Kier molecular flexibility index (Phi) is 4.77. The van der Waals surface area contributed by atoms with Crippen molar-refractivity contribution in [2.75, 3.05) is 13.7 Å². The molecule has 1 unspecified atom stereocenters. The second-order valence-corrected chi connectivity index (χ2v) is 4.41. The third-order valence-corrected chi connectivity index (χ3v) is 3.06. The molecule has 0 spiro atoms. The predicted octanol–water partition coefficient (Wildman–Crippen LogP) is 3.08. The molecule has 0 radical (unpaired) electrons. The minimum atomic E-state index is -1.03. The van der Waals surface area contributed by atoms with Crippen LogP contribution in [-0.2, 0) is 4.79 Å². The smallest absolute Gasteiger partial charge is 0.314 e. The molecule has 4 nitrogen and oxygen atoms in total. The Bertz CT molecular complexity index is 610. The van der Waals surface area contributed by atoms with Gasteiger partial charge in [-0.3, -0.25) is 4.79 Å². The summed E-state index contributed by atoms with van der Waals surface area (Å²) in [6, 6.07) is 12.6. The highest BCUT2D eigenvalue weighted by atomic mass is 19.1. The average Bonchev–Trinajstić information content (AvgIpc) is 2.49. The van der Waals surface area contributed by atoms with Crippen molar-refractivity contribution < 1.29 is 23.8 Å². The largest absolute Gasteiger partial charge is 0.497 e. The summed E-state index contributed by atoms with van der Waals surface area (Å²) >= 11 is 0. The molecule has 0 heterocycles. The van der Waals surface area contributed by atoms with E-state index >= 15 is 0 Å². The average molecular weight is 290 g/mol. The van der Waals surface area contributed by atoms with E-state index in [-0.39, 0.29) is 12.4 Å². The Labute approximate surface area is 121 Å². The SMILES string of the molecule is COc1ccc(C(COc2ccccc2F)C(=O)O)cc1. The molecular formula is C16H15FO4. The maximum atomic E-state index is 13.5. The van der Waals surface area contributed by atoms with E-state index in [2.05, 4.69) is 0 Å². The summed E-state index contributed by atoms with van der Waals surface area (Å²) in [4.78, 5) is 11.4. The Hall–Kier alpha value is -2.56. The zero-order valence-corrected chi connectivity index (χ0v) is 11.5. The Morgan fingerprint density at radius 2 is 1.86 bits per heavy atom. The number of carboxylic acids is 1. The van der Waals surface area contributed by atoms with Crippen LogP contribution in [0.25, 0.3) is 0 Å². The highest BCUT2D eigenvalue weighted by molar-refractivity contribution is 5.76. The van der Waals surface area contributed by atoms with E-state index < -0.39 is 17.7 Å². The summed E-state index contributed by atoms with van der Waals surface area (Å²) in [6.07, 6.45) is 0. The van der Waals surface area contributed by atoms with Crippen molar-refractivity contribution in [3.8, 4) is 11.5 Å². The van der Waals surface area contributed by atoms with Crippen LogP contribution in [0.15, 0.2) is 48.5 Å². The van der Waals surface area contributed by atoms with Crippen LogP contribution in [0.4, 0.5) is 4.39 Å². The van der Waals surface area contributed by atoms with Crippen LogP contribution < -0.4 is 9.47 Å². The predicted molar refractivity (Wildman–Crippen MR) is 75.3 cm³/mol. The number of hydrogen-bond donors (Lipinski definition) is 1. The van der Waals surface area contributed by atoms with Crippen LogP contribution in [0.5, 0.6) is 11.5 Å². The Balaban J connectivity index is 2.12. The van der Waals surface area contributed by atoms with Crippen LogP contribution in [0, 0.1) is 5.82 Å². The fourth-order valence-corrected chi connectivity index (χ4v) is 1.88. The van der Waals surface area contributed by atoms with Gasteiger partial charge in [0.15, 0.2) is 11.6 Å². The molecule has 0 bridgehead atoms. The molecule has 1 atom stereocenters. The number of benzene rings is 2. The minimum absolute atomic E-state index is 0.0391. The third kappa shape index (κ3) is 3.72. The lowest BCUT2D eigenvalue weighted by Crippen LogP contribution is -2.19. The van der Waals surface area contributed by atoms with Crippen molar-refractivity contribution in [3.05, 3.63) is 59.9 Å². The van der Waals surface area contributed by atoms with E-state index in [0.717, 1.165) is 0 Å². The van der Waals surface area contributed by atoms with E-state index in [1.54, 1.807) is 36.4 Å². The van der Waals surface area contributed by atoms with Crippen LogP contribution in [0.2, 0.25) is 0 Å². The van der Waals surface area contributed by atoms with Crippen LogP contribution in [0.3, 0.4) is 0 Å². The highest BCUT2D eigenvalue weighted by Crippen LogP contribution is 2.22. The summed E-state index contributed by atoms with van der Waals surface area (Å²) in [5.41, 5.74) is 0.569. The lowest BCUT2D eigenvalue weighted by atomic mass is 10.0. The fourth-order valence-electron chi connectivity index (χ4n) is 1.88. The van der Waals surface area contributed by atoms with E-state index in [9.17, 15) is 14.3 Å². The topological polar surface area (TPSA) is 55.8 Å². The maximum Gasteiger partial charge on any atom is 0.314 e. The van der Waals surface area contributed by atoms with Gasteiger partial charge in [-0.2, -0.15) is 0 Å². The number of ether oxygens (including phenoxy) is 2. The first kappa shape index (κ1) is 14.8. The lowest BCUT2D eigenvalue weighted by Gasteiger charge is -2.15. The summed E-state index contributed by atoms with van der Waals surface area (Å²) in [5.74, 6) is -1.75. The first-order valence-corrected chi connectivity index (χ1v) is 6.36. The first-order chi connectivity index (χ1) is 10.1. The Morgan fingerprint density at radius 1 is 1.19 bits per heavy atom. The molecule has 0 saturated carbocycles. The summed E-state index contributed by atoms with van der Waals surface area (Å²) < 4.78 is 23.8. The van der Waals surface area contributed by atoms with Crippen molar-refractivity contribution in [2.24, 2.45) is 0 Å². The van der Waals surface area contributed by atoms with Gasteiger partial charge in [-0.1, -0.05) is 24.3 Å². The van der Waals surface area contributed by atoms with Gasteiger partial charge in [-0.05, 0) is 29.8 Å². The molecule has 21 heavy (non-hydrogen) atoms. The van der Waals surface area contributed by atoms with Gasteiger partial charge in [-0.15, -0.1) is 0 Å². The van der Waals surface area contributed by atoms with Gasteiger partial charge < -0.3 is 14.6 Å². The van der Waals surface area contributed by atoms with Crippen LogP contribution >= 0.6 is 0 Å². The second-order valence-electron chi connectivity index (χ2n) is 4.41. The number of hydrogen-bond acceptors (Lipinski definition) is 3. The molecule has 1 N–H and O–H groups in total. The lowest BCUT2D eigenvalue weighted by molar-refractivity contribution is -0.139. The number of carboxylic acid groups (broad SMARTS) is 1. The number of halogens is 1. The number of carbonyl (C=O) groups is 1. The van der Waals surface area contributed by atoms with E-state index in [1.165, 1.54) is 19.2 Å². The minimum Gasteiger partial charge on any atom is -0.497 e. The van der Waals surface area contributed by atoms with Gasteiger partial charge in [-0.25, -0.2) is 4.39 Å². The number of methoxy groups -OCH3 is 1. The highest BCUT2D eigenvalue weighted by Gasteiger charge is 2.21. The Morgan fingerprint density at radius 3 is 2.43 bits per heavy atom. The summed E-state index contributed by atoms with van der Waals surface area (Å²) in [7, 11) is 1.53. The maximum absolute atomic E-state index is 13.5. The molecule has 2 aromatic rings. The van der Waals surface area contributed by atoms with Crippen molar-refractivity contribution in [1.82, 2.24) is 0 Å². The van der Waals surface area contributed by atoms with E-state index in [1.807, 2.05) is 0 Å². The molecule has 0 aromatic heterocycles. The standard InChI is InChI=1S/C16H15FO4/c1-20-12-8-6-11(7-9-12)13(16(18)19)10-21-15-5-3-2-4-14(15)17/h2-9,13H,10H2,1H3,(H,18,19). The van der Waals surface area contributed by atoms with Gasteiger partial charge in [0.1, 0.15) is 18.3 Å². The summed E-state index contributed by atoms with van der Waals surface area (Å²) in [6.45, 7) is -0.150. The summed E-state index contributed by atoms with van der Waals surface area (Å²) in [5, 5.41) is 9.30. The van der Waals surface area contributed by atoms with E-state index in [0.29, 0.717) is 11.3 Å². The normalized spacial score (nSPS) is 11.7. The molecule has 0 saturated heterocycles. The van der Waals surface area contributed by atoms with Gasteiger partial charge in [0, 0.05) is 0 Å². The zero-order valence-electron chi connectivity index (χ0n) is 11.5. The molecule has 0 aliphatic heterocycles. The number of para-hydroxylation sites is 1. The third-order valence-electron chi connectivity index (χ3n) is 3.06. The second kappa shape index (κ2) is 6.74. The van der Waals surface area contributed by atoms with Gasteiger partial charge in [0.2, 0.25) is 0 Å². The molecule has 110 valence electrons. The van der Waals surface area contributed by atoms with Gasteiger partial charge >= 0.3 is 5.97 Å². The molecule has 0 amide bonds. The van der Waals surface area contributed by atoms with Crippen molar-refractivity contribution in [1.29, 1.82) is 0 Å².